The summed E-state index contributed by atoms with van der Waals surface area (Å²) in [4.78, 5) is 25.3. The van der Waals surface area contributed by atoms with Gasteiger partial charge in [-0.25, -0.2) is 0 Å². The van der Waals surface area contributed by atoms with E-state index in [0.717, 1.165) is 23.5 Å². The van der Waals surface area contributed by atoms with Crippen LogP contribution in [0, 0.1) is 0 Å². The molecule has 2 aliphatic heterocycles. The number of carbonyl (C=O) groups is 2. The van der Waals surface area contributed by atoms with Crippen LogP contribution >= 0.6 is 0 Å². The average Bonchev–Trinajstić information content (AvgIpc) is 3.15. The molecule has 0 aromatic heterocycles. The summed E-state index contributed by atoms with van der Waals surface area (Å²) in [6.07, 6.45) is 2.56. The zero-order valence-electron chi connectivity index (χ0n) is 29.7. The summed E-state index contributed by atoms with van der Waals surface area (Å²) in [7, 11) is 0. The topological polar surface area (TPSA) is 150 Å². The van der Waals surface area contributed by atoms with Gasteiger partial charge in [-0.15, -0.1) is 0 Å². The fourth-order valence-corrected chi connectivity index (χ4v) is 11.4. The maximum absolute atomic E-state index is 12.7. The number of rotatable bonds is 11. The summed E-state index contributed by atoms with van der Waals surface area (Å²) >= 11 is 0.950. The number of hydrogen-bond acceptors (Lipinski definition) is 12. The van der Waals surface area contributed by atoms with Gasteiger partial charge >= 0.3 is 247 Å². The third kappa shape index (κ3) is 18.4. The molecule has 0 radical (unpaired) electrons. The molecule has 2 aromatic carbocycles. The second-order valence-corrected chi connectivity index (χ2v) is 19.2. The molecule has 290 valence electrons. The Morgan fingerprint density at radius 3 is 1.10 bits per heavy atom. The molecule has 14 nitrogen and oxygen atoms in total. The summed E-state index contributed by atoms with van der Waals surface area (Å²) in [5.41, 5.74) is 1.31. The van der Waals surface area contributed by atoms with Gasteiger partial charge in [0.2, 0.25) is 0 Å². The summed E-state index contributed by atoms with van der Waals surface area (Å²) < 4.78 is 56.5. The van der Waals surface area contributed by atoms with Crippen LogP contribution in [0.3, 0.4) is 0 Å². The first kappa shape index (κ1) is 42.1. The van der Waals surface area contributed by atoms with Crippen molar-refractivity contribution >= 4 is 49.5 Å². The second kappa shape index (κ2) is 27.0. The number of nitrogens with one attached hydrogen (secondary N) is 2. The zero-order valence-corrected chi connectivity index (χ0v) is 33.2. The van der Waals surface area contributed by atoms with Crippen molar-refractivity contribution in [2.75, 3.05) is 116 Å². The molecule has 2 aromatic rings. The van der Waals surface area contributed by atoms with Gasteiger partial charge in [-0.05, 0) is 0 Å². The molecule has 0 atom stereocenters. The maximum atomic E-state index is 12.7. The fraction of sp³-hybridized carbons (Fsp3) is 0.611. The molecular formula is C36H52N2O12Se2. The number of carbonyl (C=O) groups excluding carboxylic acids is 2. The molecule has 0 spiro atoms. The average molecular weight is 863 g/mol. The number of ether oxygens (including phenoxy) is 10. The molecule has 0 bridgehead atoms. The molecule has 0 saturated carbocycles. The first-order valence-corrected chi connectivity index (χ1v) is 24.5. The molecule has 2 aliphatic rings. The summed E-state index contributed by atoms with van der Waals surface area (Å²) in [6, 6.07) is 10.8. The van der Waals surface area contributed by atoms with Crippen LogP contribution in [0.1, 0.15) is 25.7 Å². The molecule has 2 heterocycles. The van der Waals surface area contributed by atoms with E-state index in [-0.39, 0.29) is 11.8 Å². The first-order chi connectivity index (χ1) is 25.7. The summed E-state index contributed by atoms with van der Waals surface area (Å²) in [6.45, 7) is 7.15. The normalized spacial score (nSPS) is 17.3. The molecule has 2 N–H and O–H groups in total. The van der Waals surface area contributed by atoms with E-state index in [4.69, 9.17) is 47.4 Å². The molecule has 0 saturated heterocycles. The van der Waals surface area contributed by atoms with E-state index in [9.17, 15) is 9.59 Å². The second-order valence-electron chi connectivity index (χ2n) is 11.3. The van der Waals surface area contributed by atoms with Crippen LogP contribution in [0.5, 0.6) is 23.0 Å². The Labute approximate surface area is 317 Å². The fourth-order valence-electron chi connectivity index (χ4n) is 4.71. The van der Waals surface area contributed by atoms with E-state index in [2.05, 4.69) is 10.6 Å². The van der Waals surface area contributed by atoms with Crippen LogP contribution in [0.25, 0.3) is 0 Å². The van der Waals surface area contributed by atoms with Gasteiger partial charge in [0, 0.05) is 0 Å². The van der Waals surface area contributed by atoms with Crippen LogP contribution in [-0.2, 0) is 38.0 Å². The van der Waals surface area contributed by atoms with Gasteiger partial charge in [0.15, 0.2) is 0 Å². The van der Waals surface area contributed by atoms with E-state index in [0.29, 0.717) is 179 Å². The van der Waals surface area contributed by atoms with Gasteiger partial charge in [0.25, 0.3) is 0 Å². The Morgan fingerprint density at radius 2 is 0.750 bits per heavy atom. The standard InChI is InChI=1S/C36H52N2O12Se2/c39-35(37-29-5-7-31-33(27-29)49-23-19-45-15-11-41-9-13-43-17-21-47-31)3-1-25-51-52-26-2-4-36(40)38-30-6-8-32-34(28-30)50-24-20-46-16-12-42-10-14-44-18-22-48-32/h5-8,27-28H,1-4,9-26H2,(H,37,39)(H,38,40). The van der Waals surface area contributed by atoms with Gasteiger partial charge < -0.3 is 18.9 Å². The van der Waals surface area contributed by atoms with Crippen LogP contribution in [-0.4, -0.2) is 144 Å². The predicted octanol–water partition coefficient (Wildman–Crippen LogP) is 3.63. The van der Waals surface area contributed by atoms with E-state index >= 15 is 0 Å². The quantitative estimate of drug-likeness (QED) is 0.251. The Bertz CT molecular complexity index is 1210. The van der Waals surface area contributed by atoms with Gasteiger partial charge in [-0.3, -0.25) is 0 Å². The number of hydrogen-bond donors (Lipinski definition) is 2. The van der Waals surface area contributed by atoms with Crippen molar-refractivity contribution < 1.29 is 57.0 Å². The number of fused-ring (bicyclic) bond motifs is 2. The Kier molecular flexibility index (Phi) is 21.9. The van der Waals surface area contributed by atoms with Crippen molar-refractivity contribution in [3.63, 3.8) is 0 Å². The van der Waals surface area contributed by atoms with E-state index in [1.807, 2.05) is 12.1 Å². The van der Waals surface area contributed by atoms with Crippen LogP contribution in [0.2, 0.25) is 10.6 Å². The summed E-state index contributed by atoms with van der Waals surface area (Å²) in [5, 5.41) is 8.02. The van der Waals surface area contributed by atoms with Gasteiger partial charge in [-0.2, -0.15) is 0 Å². The zero-order chi connectivity index (χ0) is 36.3. The van der Waals surface area contributed by atoms with Crippen LogP contribution in [0.15, 0.2) is 36.4 Å². The number of anilines is 2. The van der Waals surface area contributed by atoms with Crippen molar-refractivity contribution in [1.29, 1.82) is 0 Å². The van der Waals surface area contributed by atoms with E-state index < -0.39 is 0 Å². The molecule has 0 unspecified atom stereocenters. The summed E-state index contributed by atoms with van der Waals surface area (Å²) in [5.74, 6) is 2.20. The van der Waals surface area contributed by atoms with Crippen molar-refractivity contribution in [2.45, 2.75) is 36.3 Å². The van der Waals surface area contributed by atoms with Crippen molar-refractivity contribution in [3.05, 3.63) is 36.4 Å². The molecule has 52 heavy (non-hydrogen) atoms. The number of benzene rings is 2. The van der Waals surface area contributed by atoms with Crippen LogP contribution < -0.4 is 29.6 Å². The van der Waals surface area contributed by atoms with Crippen molar-refractivity contribution in [1.82, 2.24) is 0 Å². The van der Waals surface area contributed by atoms with Gasteiger partial charge in [0.05, 0.1) is 52.9 Å². The minimum absolute atomic E-state index is 0.0317. The van der Waals surface area contributed by atoms with Crippen LogP contribution in [0.4, 0.5) is 11.4 Å². The van der Waals surface area contributed by atoms with E-state index in [1.165, 1.54) is 0 Å². The predicted molar refractivity (Wildman–Crippen MR) is 197 cm³/mol. The third-order valence-corrected chi connectivity index (χ3v) is 14.9. The third-order valence-electron chi connectivity index (χ3n) is 7.23. The Morgan fingerprint density at radius 1 is 0.442 bits per heavy atom. The molecule has 16 heteroatoms. The van der Waals surface area contributed by atoms with E-state index in [1.54, 1.807) is 24.3 Å². The SMILES string of the molecule is O=C(CCC[Se][Se]CCCC(=O)Nc1ccc2c(c1)OCCOCCOCCOCCO2)Nc1ccc2c(c1)OCCOCCOCCOCCO2. The van der Waals surface area contributed by atoms with Gasteiger partial charge in [0.1, 0.15) is 0 Å². The minimum atomic E-state index is -0.0317. The van der Waals surface area contributed by atoms with Crippen molar-refractivity contribution in [2.24, 2.45) is 0 Å². The Balaban J connectivity index is 1.09. The molecular weight excluding hydrogens is 810 g/mol. The monoisotopic (exact) mass is 864 g/mol. The number of amides is 2. The molecule has 0 fully saturated rings. The first-order valence-electron chi connectivity index (χ1n) is 17.8. The molecule has 4 rings (SSSR count). The Hall–Kier alpha value is -2.62. The van der Waals surface area contributed by atoms with Crippen molar-refractivity contribution in [3.8, 4) is 23.0 Å². The molecule has 2 amide bonds. The van der Waals surface area contributed by atoms with Gasteiger partial charge in [-0.1, -0.05) is 0 Å². The molecule has 0 aliphatic carbocycles.